The molecule has 1 aromatic heterocycles. The molecule has 128 valence electrons. The van der Waals surface area contributed by atoms with E-state index in [1.165, 1.54) is 24.6 Å². The van der Waals surface area contributed by atoms with Crippen LogP contribution in [0.3, 0.4) is 0 Å². The van der Waals surface area contributed by atoms with E-state index in [2.05, 4.69) is 33.8 Å². The number of carbonyl (C=O) groups excluding carboxylic acids is 1. The first-order valence-electron chi connectivity index (χ1n) is 8.52. The Kier molecular flexibility index (Phi) is 5.56. The summed E-state index contributed by atoms with van der Waals surface area (Å²) in [6, 6.07) is 10.2. The van der Waals surface area contributed by atoms with Crippen LogP contribution in [-0.4, -0.2) is 38.4 Å². The number of hydrogen-bond donors (Lipinski definition) is 0. The number of hydrogen-bond acceptors (Lipinski definition) is 4. The van der Waals surface area contributed by atoms with Gasteiger partial charge in [0.15, 0.2) is 5.16 Å². The first kappa shape index (κ1) is 17.0. The Hall–Kier alpha value is -1.82. The second-order valence-electron chi connectivity index (χ2n) is 6.24. The molecular formula is C18H24N4OS. The van der Waals surface area contributed by atoms with E-state index >= 15 is 0 Å². The Balaban J connectivity index is 1.60. The summed E-state index contributed by atoms with van der Waals surface area (Å²) in [6.45, 7) is 3.02. The lowest BCUT2D eigenvalue weighted by atomic mass is 10.1. The van der Waals surface area contributed by atoms with E-state index in [1.807, 2.05) is 30.1 Å². The van der Waals surface area contributed by atoms with Gasteiger partial charge < -0.3 is 9.47 Å². The van der Waals surface area contributed by atoms with Crippen LogP contribution in [0.4, 0.5) is 0 Å². The van der Waals surface area contributed by atoms with Crippen molar-refractivity contribution in [2.75, 3.05) is 12.8 Å². The summed E-state index contributed by atoms with van der Waals surface area (Å²) >= 11 is 1.50. The summed E-state index contributed by atoms with van der Waals surface area (Å²) in [5, 5.41) is 9.44. The average molecular weight is 344 g/mol. The number of aryl methyl sites for hydroxylation is 1. The molecule has 2 aromatic rings. The maximum absolute atomic E-state index is 12.5. The molecule has 1 atom stereocenters. The molecule has 1 aliphatic heterocycles. The topological polar surface area (TPSA) is 51.0 Å². The lowest BCUT2D eigenvalue weighted by Gasteiger charge is -2.25. The van der Waals surface area contributed by atoms with Crippen LogP contribution in [0.15, 0.2) is 35.5 Å². The van der Waals surface area contributed by atoms with Crippen LogP contribution in [-0.2, 0) is 17.8 Å². The van der Waals surface area contributed by atoms with Crippen LogP contribution in [0.5, 0.6) is 0 Å². The van der Waals surface area contributed by atoms with E-state index in [1.54, 1.807) is 0 Å². The molecule has 3 rings (SSSR count). The molecule has 0 N–H and O–H groups in total. The summed E-state index contributed by atoms with van der Waals surface area (Å²) in [7, 11) is 1.87. The molecule has 0 saturated heterocycles. The van der Waals surface area contributed by atoms with Crippen LogP contribution in [0, 0.1) is 0 Å². The molecule has 0 fully saturated rings. The maximum Gasteiger partial charge on any atom is 0.233 e. The van der Waals surface area contributed by atoms with Crippen LogP contribution < -0.4 is 0 Å². The zero-order chi connectivity index (χ0) is 16.9. The molecule has 0 aliphatic carbocycles. The van der Waals surface area contributed by atoms with Gasteiger partial charge in [-0.2, -0.15) is 0 Å². The summed E-state index contributed by atoms with van der Waals surface area (Å²) < 4.78 is 2.19. The molecule has 2 heterocycles. The van der Waals surface area contributed by atoms with E-state index in [0.717, 1.165) is 35.9 Å². The Morgan fingerprint density at radius 3 is 2.83 bits per heavy atom. The van der Waals surface area contributed by atoms with Crippen LogP contribution in [0.2, 0.25) is 0 Å². The van der Waals surface area contributed by atoms with Crippen LogP contribution >= 0.6 is 11.8 Å². The molecule has 6 heteroatoms. The maximum atomic E-state index is 12.5. The minimum Gasteiger partial charge on any atom is -0.338 e. The Morgan fingerprint density at radius 2 is 2.04 bits per heavy atom. The molecule has 0 spiro atoms. The van der Waals surface area contributed by atoms with E-state index in [9.17, 15) is 4.79 Å². The summed E-state index contributed by atoms with van der Waals surface area (Å²) in [6.07, 6.45) is 4.58. The number of aromatic nitrogens is 3. The fourth-order valence-electron chi connectivity index (χ4n) is 2.96. The van der Waals surface area contributed by atoms with Gasteiger partial charge in [-0.05, 0) is 25.3 Å². The van der Waals surface area contributed by atoms with Crippen molar-refractivity contribution in [1.29, 1.82) is 0 Å². The fourth-order valence-corrected chi connectivity index (χ4v) is 3.87. The highest BCUT2D eigenvalue weighted by Gasteiger charge is 2.20. The Bertz CT molecular complexity index is 686. The summed E-state index contributed by atoms with van der Waals surface area (Å²) in [5.74, 6) is 1.57. The lowest BCUT2D eigenvalue weighted by molar-refractivity contribution is -0.128. The van der Waals surface area contributed by atoms with Crippen LogP contribution in [0.25, 0.3) is 0 Å². The van der Waals surface area contributed by atoms with Gasteiger partial charge in [0, 0.05) is 20.0 Å². The number of carbonyl (C=O) groups is 1. The van der Waals surface area contributed by atoms with Gasteiger partial charge in [-0.25, -0.2) is 0 Å². The zero-order valence-electron chi connectivity index (χ0n) is 14.3. The van der Waals surface area contributed by atoms with Crippen molar-refractivity contribution in [3.8, 4) is 0 Å². The molecular weight excluding hydrogens is 320 g/mol. The van der Waals surface area contributed by atoms with Crippen molar-refractivity contribution in [1.82, 2.24) is 19.7 Å². The quantitative estimate of drug-likeness (QED) is 0.781. The minimum atomic E-state index is 0.0646. The molecule has 0 unspecified atom stereocenters. The Labute approximate surface area is 147 Å². The SMILES string of the molecule is C[C@@H](c1ccccc1)N(C)C(=O)CSc1nnc2n1CCCCC2. The summed E-state index contributed by atoms with van der Waals surface area (Å²) in [5.41, 5.74) is 1.15. The van der Waals surface area contributed by atoms with Crippen LogP contribution in [0.1, 0.15) is 43.6 Å². The normalized spacial score (nSPS) is 15.4. The highest BCUT2D eigenvalue weighted by molar-refractivity contribution is 7.99. The highest BCUT2D eigenvalue weighted by atomic mass is 32.2. The first-order chi connectivity index (χ1) is 11.7. The van der Waals surface area contributed by atoms with Gasteiger partial charge >= 0.3 is 0 Å². The average Bonchev–Trinajstić information content (AvgIpc) is 2.85. The van der Waals surface area contributed by atoms with E-state index in [-0.39, 0.29) is 11.9 Å². The predicted molar refractivity (Wildman–Crippen MR) is 95.9 cm³/mol. The molecule has 0 saturated carbocycles. The van der Waals surface area contributed by atoms with Gasteiger partial charge in [-0.15, -0.1) is 10.2 Å². The first-order valence-corrected chi connectivity index (χ1v) is 9.51. The zero-order valence-corrected chi connectivity index (χ0v) is 15.1. The molecule has 1 amide bonds. The second kappa shape index (κ2) is 7.83. The Morgan fingerprint density at radius 1 is 1.25 bits per heavy atom. The molecule has 0 radical (unpaired) electrons. The van der Waals surface area contributed by atoms with Crippen molar-refractivity contribution in [2.45, 2.75) is 50.4 Å². The number of nitrogens with zero attached hydrogens (tertiary/aromatic N) is 4. The number of amides is 1. The van der Waals surface area contributed by atoms with Gasteiger partial charge in [0.25, 0.3) is 0 Å². The molecule has 1 aromatic carbocycles. The third-order valence-electron chi connectivity index (χ3n) is 4.66. The second-order valence-corrected chi connectivity index (χ2v) is 7.18. The van der Waals surface area contributed by atoms with Gasteiger partial charge in [-0.1, -0.05) is 48.5 Å². The van der Waals surface area contributed by atoms with Crippen molar-refractivity contribution in [3.05, 3.63) is 41.7 Å². The van der Waals surface area contributed by atoms with Gasteiger partial charge in [0.2, 0.25) is 5.91 Å². The number of rotatable bonds is 5. The van der Waals surface area contributed by atoms with Gasteiger partial charge in [-0.3, -0.25) is 4.79 Å². The summed E-state index contributed by atoms with van der Waals surface area (Å²) in [4.78, 5) is 14.3. The van der Waals surface area contributed by atoms with E-state index in [4.69, 9.17) is 0 Å². The van der Waals surface area contributed by atoms with Gasteiger partial charge in [0.1, 0.15) is 5.82 Å². The standard InChI is InChI=1S/C18H24N4OS/c1-14(15-9-5-3-6-10-15)21(2)17(23)13-24-18-20-19-16-11-7-4-8-12-22(16)18/h3,5-6,9-10,14H,4,7-8,11-13H2,1-2H3/t14-/m0/s1. The molecule has 1 aliphatic rings. The van der Waals surface area contributed by atoms with Crippen molar-refractivity contribution in [3.63, 3.8) is 0 Å². The minimum absolute atomic E-state index is 0.0646. The molecule has 0 bridgehead atoms. The smallest absolute Gasteiger partial charge is 0.233 e. The number of benzene rings is 1. The molecule has 5 nitrogen and oxygen atoms in total. The predicted octanol–water partition coefficient (Wildman–Crippen LogP) is 3.32. The lowest BCUT2D eigenvalue weighted by Crippen LogP contribution is -2.31. The fraction of sp³-hybridized carbons (Fsp3) is 0.500. The van der Waals surface area contributed by atoms with Crippen molar-refractivity contribution in [2.24, 2.45) is 0 Å². The third-order valence-corrected chi connectivity index (χ3v) is 5.61. The highest BCUT2D eigenvalue weighted by Crippen LogP contribution is 2.24. The largest absolute Gasteiger partial charge is 0.338 e. The van der Waals surface area contributed by atoms with Gasteiger partial charge in [0.05, 0.1) is 11.8 Å². The molecule has 24 heavy (non-hydrogen) atoms. The van der Waals surface area contributed by atoms with Crippen molar-refractivity contribution >= 4 is 17.7 Å². The third kappa shape index (κ3) is 3.80. The number of fused-ring (bicyclic) bond motifs is 1. The van der Waals surface area contributed by atoms with Crippen molar-refractivity contribution < 1.29 is 4.79 Å². The number of thioether (sulfide) groups is 1. The van der Waals surface area contributed by atoms with E-state index in [0.29, 0.717) is 5.75 Å². The van der Waals surface area contributed by atoms with E-state index < -0.39 is 0 Å². The monoisotopic (exact) mass is 344 g/mol.